The normalized spacial score (nSPS) is 23.7. The molecule has 0 aromatic heterocycles. The smallest absolute Gasteiger partial charge is 0.223 e. The summed E-state index contributed by atoms with van der Waals surface area (Å²) < 4.78 is 0. The molecule has 0 unspecified atom stereocenters. The van der Waals surface area contributed by atoms with Gasteiger partial charge < -0.3 is 15.5 Å². The molecule has 0 bridgehead atoms. The fraction of sp³-hybridized carbons (Fsp3) is 0.933. The van der Waals surface area contributed by atoms with Crippen molar-refractivity contribution in [3.63, 3.8) is 0 Å². The van der Waals surface area contributed by atoms with Crippen molar-refractivity contribution in [2.45, 2.75) is 45.6 Å². The SMILES string of the molecule is CC(C)CNC(=O)C1CCN(C2CCNCC2)CC1. The Kier molecular flexibility index (Phi) is 5.64. The predicted octanol–water partition coefficient (Wildman–Crippen LogP) is 1.22. The van der Waals surface area contributed by atoms with Crippen LogP contribution in [0.4, 0.5) is 0 Å². The quantitative estimate of drug-likeness (QED) is 0.805. The fourth-order valence-corrected chi connectivity index (χ4v) is 3.15. The van der Waals surface area contributed by atoms with Gasteiger partial charge in [0.2, 0.25) is 5.91 Å². The summed E-state index contributed by atoms with van der Waals surface area (Å²) in [7, 11) is 0. The highest BCUT2D eigenvalue weighted by atomic mass is 16.1. The van der Waals surface area contributed by atoms with Crippen molar-refractivity contribution in [3.05, 3.63) is 0 Å². The number of rotatable bonds is 4. The van der Waals surface area contributed by atoms with E-state index in [4.69, 9.17) is 0 Å². The van der Waals surface area contributed by atoms with Crippen molar-refractivity contribution in [2.24, 2.45) is 11.8 Å². The topological polar surface area (TPSA) is 44.4 Å². The van der Waals surface area contributed by atoms with Gasteiger partial charge in [0.05, 0.1) is 0 Å². The Morgan fingerprint density at radius 2 is 1.84 bits per heavy atom. The van der Waals surface area contributed by atoms with E-state index in [1.165, 1.54) is 12.8 Å². The monoisotopic (exact) mass is 267 g/mol. The molecule has 0 saturated carbocycles. The third kappa shape index (κ3) is 4.46. The van der Waals surface area contributed by atoms with Gasteiger partial charge in [-0.1, -0.05) is 13.8 Å². The van der Waals surface area contributed by atoms with Crippen LogP contribution in [0.2, 0.25) is 0 Å². The van der Waals surface area contributed by atoms with E-state index in [9.17, 15) is 4.79 Å². The zero-order chi connectivity index (χ0) is 13.7. The van der Waals surface area contributed by atoms with Gasteiger partial charge >= 0.3 is 0 Å². The molecule has 0 aromatic rings. The van der Waals surface area contributed by atoms with Gasteiger partial charge in [-0.15, -0.1) is 0 Å². The van der Waals surface area contributed by atoms with Gasteiger partial charge in [-0.3, -0.25) is 4.79 Å². The van der Waals surface area contributed by atoms with Crippen molar-refractivity contribution >= 4 is 5.91 Å². The molecule has 19 heavy (non-hydrogen) atoms. The van der Waals surface area contributed by atoms with Crippen LogP contribution in [0.3, 0.4) is 0 Å². The Labute approximate surface area is 117 Å². The maximum atomic E-state index is 12.0. The molecule has 0 spiro atoms. The second-order valence-corrected chi connectivity index (χ2v) is 6.43. The molecule has 2 saturated heterocycles. The Morgan fingerprint density at radius 1 is 1.21 bits per heavy atom. The van der Waals surface area contributed by atoms with E-state index < -0.39 is 0 Å². The van der Waals surface area contributed by atoms with Crippen LogP contribution in [0.15, 0.2) is 0 Å². The summed E-state index contributed by atoms with van der Waals surface area (Å²) in [6.45, 7) is 9.60. The van der Waals surface area contributed by atoms with Gasteiger partial charge in [-0.25, -0.2) is 0 Å². The molecule has 2 aliphatic rings. The van der Waals surface area contributed by atoms with Crippen molar-refractivity contribution < 1.29 is 4.79 Å². The number of carbonyl (C=O) groups excluding carboxylic acids is 1. The minimum atomic E-state index is 0.247. The number of hydrogen-bond acceptors (Lipinski definition) is 3. The van der Waals surface area contributed by atoms with Crippen LogP contribution in [-0.4, -0.2) is 49.6 Å². The lowest BCUT2D eigenvalue weighted by atomic mass is 9.93. The third-order valence-corrected chi connectivity index (χ3v) is 4.41. The second-order valence-electron chi connectivity index (χ2n) is 6.43. The number of hydrogen-bond donors (Lipinski definition) is 2. The Balaban J connectivity index is 1.70. The molecular formula is C15H29N3O. The lowest BCUT2D eigenvalue weighted by molar-refractivity contribution is -0.126. The van der Waals surface area contributed by atoms with E-state index >= 15 is 0 Å². The van der Waals surface area contributed by atoms with Crippen LogP contribution < -0.4 is 10.6 Å². The molecular weight excluding hydrogens is 238 g/mol. The highest BCUT2D eigenvalue weighted by Crippen LogP contribution is 2.22. The Morgan fingerprint density at radius 3 is 2.42 bits per heavy atom. The van der Waals surface area contributed by atoms with E-state index in [2.05, 4.69) is 29.4 Å². The number of amides is 1. The first kappa shape index (κ1) is 14.8. The Bertz CT molecular complexity index is 279. The molecule has 1 amide bonds. The van der Waals surface area contributed by atoms with Crippen molar-refractivity contribution in [2.75, 3.05) is 32.7 Å². The van der Waals surface area contributed by atoms with Gasteiger partial charge in [0.15, 0.2) is 0 Å². The first-order valence-corrected chi connectivity index (χ1v) is 7.89. The minimum absolute atomic E-state index is 0.247. The molecule has 0 aromatic carbocycles. The lowest BCUT2D eigenvalue weighted by Gasteiger charge is -2.39. The number of nitrogens with one attached hydrogen (secondary N) is 2. The van der Waals surface area contributed by atoms with Gasteiger partial charge in [-0.05, 0) is 57.8 Å². The van der Waals surface area contributed by atoms with Gasteiger partial charge in [0, 0.05) is 18.5 Å². The van der Waals surface area contributed by atoms with Crippen LogP contribution in [0.1, 0.15) is 39.5 Å². The predicted molar refractivity (Wildman–Crippen MR) is 78.0 cm³/mol. The fourth-order valence-electron chi connectivity index (χ4n) is 3.15. The Hall–Kier alpha value is -0.610. The number of nitrogens with zero attached hydrogens (tertiary/aromatic N) is 1. The van der Waals surface area contributed by atoms with Crippen molar-refractivity contribution in [3.8, 4) is 0 Å². The van der Waals surface area contributed by atoms with E-state index in [1.807, 2.05) is 0 Å². The lowest BCUT2D eigenvalue weighted by Crippen LogP contribution is -2.48. The first-order valence-electron chi connectivity index (χ1n) is 7.89. The molecule has 2 heterocycles. The molecule has 4 heteroatoms. The van der Waals surface area contributed by atoms with Crippen LogP contribution in [0.25, 0.3) is 0 Å². The van der Waals surface area contributed by atoms with Crippen LogP contribution >= 0.6 is 0 Å². The van der Waals surface area contributed by atoms with Crippen LogP contribution in [0.5, 0.6) is 0 Å². The van der Waals surface area contributed by atoms with Gasteiger partial charge in [0.25, 0.3) is 0 Å². The molecule has 0 radical (unpaired) electrons. The third-order valence-electron chi connectivity index (χ3n) is 4.41. The summed E-state index contributed by atoms with van der Waals surface area (Å²) in [6, 6.07) is 0.751. The number of likely N-dealkylation sites (tertiary alicyclic amines) is 1. The van der Waals surface area contributed by atoms with E-state index in [-0.39, 0.29) is 11.8 Å². The zero-order valence-corrected chi connectivity index (χ0v) is 12.5. The molecule has 4 nitrogen and oxygen atoms in total. The summed E-state index contributed by atoms with van der Waals surface area (Å²) >= 11 is 0. The summed E-state index contributed by atoms with van der Waals surface area (Å²) in [6.07, 6.45) is 4.61. The summed E-state index contributed by atoms with van der Waals surface area (Å²) in [5.74, 6) is 1.06. The molecule has 2 N–H and O–H groups in total. The number of piperidine rings is 2. The van der Waals surface area contributed by atoms with Gasteiger partial charge in [-0.2, -0.15) is 0 Å². The van der Waals surface area contributed by atoms with E-state index in [1.54, 1.807) is 0 Å². The maximum Gasteiger partial charge on any atom is 0.223 e. The maximum absolute atomic E-state index is 12.0. The molecule has 2 rings (SSSR count). The van der Waals surface area contributed by atoms with Crippen molar-refractivity contribution in [1.29, 1.82) is 0 Å². The summed E-state index contributed by atoms with van der Waals surface area (Å²) in [4.78, 5) is 14.7. The number of carbonyl (C=O) groups is 1. The highest BCUT2D eigenvalue weighted by Gasteiger charge is 2.29. The highest BCUT2D eigenvalue weighted by molar-refractivity contribution is 5.78. The average Bonchev–Trinajstić information content (AvgIpc) is 2.46. The standard InChI is InChI=1S/C15H29N3O/c1-12(2)11-17-15(19)13-5-9-18(10-6-13)14-3-7-16-8-4-14/h12-14,16H,3-11H2,1-2H3,(H,17,19). The molecule has 2 fully saturated rings. The molecule has 0 atom stereocenters. The van der Waals surface area contributed by atoms with E-state index in [0.29, 0.717) is 5.92 Å². The zero-order valence-electron chi connectivity index (χ0n) is 12.5. The van der Waals surface area contributed by atoms with Gasteiger partial charge in [0.1, 0.15) is 0 Å². The summed E-state index contributed by atoms with van der Waals surface area (Å²) in [5, 5.41) is 6.50. The first-order chi connectivity index (χ1) is 9.16. The second kappa shape index (κ2) is 7.25. The minimum Gasteiger partial charge on any atom is -0.356 e. The molecule has 2 aliphatic heterocycles. The summed E-state index contributed by atoms with van der Waals surface area (Å²) in [5.41, 5.74) is 0. The average molecular weight is 267 g/mol. The molecule has 0 aliphatic carbocycles. The van der Waals surface area contributed by atoms with Crippen molar-refractivity contribution in [1.82, 2.24) is 15.5 Å². The van der Waals surface area contributed by atoms with Crippen LogP contribution in [-0.2, 0) is 4.79 Å². The molecule has 110 valence electrons. The largest absolute Gasteiger partial charge is 0.356 e. The van der Waals surface area contributed by atoms with E-state index in [0.717, 1.165) is 51.6 Å². The van der Waals surface area contributed by atoms with Crippen LogP contribution in [0, 0.1) is 11.8 Å².